The fourth-order valence-electron chi connectivity index (χ4n) is 1.30. The second-order valence-electron chi connectivity index (χ2n) is 3.70. The fraction of sp³-hybridized carbons (Fsp3) is 0.167. The van der Waals surface area contributed by atoms with Gasteiger partial charge in [-0.3, -0.25) is 0 Å². The Bertz CT molecular complexity index is 660. The number of hydrogen-bond acceptors (Lipinski definition) is 5. The molecule has 0 atom stereocenters. The third-order valence-electron chi connectivity index (χ3n) is 2.15. The van der Waals surface area contributed by atoms with Crippen LogP contribution in [0.4, 0.5) is 5.69 Å². The molecule has 18 heavy (non-hydrogen) atoms. The molecule has 0 heterocycles. The van der Waals surface area contributed by atoms with Crippen LogP contribution in [0.25, 0.3) is 0 Å². The summed E-state index contributed by atoms with van der Waals surface area (Å²) < 4.78 is 23.2. The average molecular weight is 261 g/mol. The van der Waals surface area contributed by atoms with Crippen molar-refractivity contribution in [1.29, 1.82) is 10.5 Å². The van der Waals surface area contributed by atoms with E-state index in [9.17, 15) is 8.42 Å². The van der Waals surface area contributed by atoms with Crippen molar-refractivity contribution in [3.05, 3.63) is 35.5 Å². The number of aryl methyl sites for hydroxylation is 1. The lowest BCUT2D eigenvalue weighted by molar-refractivity contribution is 0.602. The molecule has 0 unspecified atom stereocenters. The van der Waals surface area contributed by atoms with Gasteiger partial charge in [0.2, 0.25) is 0 Å². The highest BCUT2D eigenvalue weighted by atomic mass is 32.2. The summed E-state index contributed by atoms with van der Waals surface area (Å²) in [5.41, 5.74) is 1.02. The van der Waals surface area contributed by atoms with Crippen LogP contribution >= 0.6 is 0 Å². The number of nitrogens with zero attached hydrogens (tertiary/aromatic N) is 2. The quantitative estimate of drug-likeness (QED) is 0.836. The summed E-state index contributed by atoms with van der Waals surface area (Å²) in [6.45, 7) is 1.78. The Hall–Kier alpha value is -2.31. The molecule has 0 aliphatic heterocycles. The van der Waals surface area contributed by atoms with Gasteiger partial charge in [-0.05, 0) is 24.6 Å². The summed E-state index contributed by atoms with van der Waals surface area (Å²) in [5.74, 6) is 0. The maximum absolute atomic E-state index is 11.6. The van der Waals surface area contributed by atoms with Crippen LogP contribution in [0.1, 0.15) is 5.56 Å². The van der Waals surface area contributed by atoms with Gasteiger partial charge in [-0.25, -0.2) is 8.42 Å². The molecule has 0 amide bonds. The van der Waals surface area contributed by atoms with Crippen molar-refractivity contribution in [1.82, 2.24) is 0 Å². The lowest BCUT2D eigenvalue weighted by atomic mass is 10.2. The molecule has 1 aromatic carbocycles. The molecule has 0 bridgehead atoms. The molecule has 5 nitrogen and oxygen atoms in total. The van der Waals surface area contributed by atoms with Gasteiger partial charge >= 0.3 is 0 Å². The Morgan fingerprint density at radius 2 is 1.94 bits per heavy atom. The number of rotatable bonds is 3. The molecule has 1 rings (SSSR count). The Labute approximate surface area is 106 Å². The molecule has 0 saturated heterocycles. The van der Waals surface area contributed by atoms with Gasteiger partial charge in [0, 0.05) is 12.5 Å². The van der Waals surface area contributed by atoms with Crippen molar-refractivity contribution in [3.8, 4) is 12.1 Å². The van der Waals surface area contributed by atoms with Crippen LogP contribution in [0.2, 0.25) is 0 Å². The first-order valence-corrected chi connectivity index (χ1v) is 6.85. The third-order valence-corrected chi connectivity index (χ3v) is 3.29. The molecular weight excluding hydrogens is 250 g/mol. The lowest BCUT2D eigenvalue weighted by Gasteiger charge is -2.08. The summed E-state index contributed by atoms with van der Waals surface area (Å²) in [7, 11) is -3.37. The second kappa shape index (κ2) is 5.35. The van der Waals surface area contributed by atoms with Gasteiger partial charge in [0.1, 0.15) is 17.7 Å². The molecule has 0 fully saturated rings. The topological polar surface area (TPSA) is 93.8 Å². The number of allylic oxidation sites excluding steroid dienone is 1. The van der Waals surface area contributed by atoms with E-state index in [1.165, 1.54) is 12.3 Å². The van der Waals surface area contributed by atoms with Crippen LogP contribution in [-0.2, 0) is 9.84 Å². The predicted octanol–water partition coefficient (Wildman–Crippen LogP) is 1.74. The summed E-state index contributed by atoms with van der Waals surface area (Å²) in [6, 6.07) is 8.22. The molecule has 0 aliphatic carbocycles. The van der Waals surface area contributed by atoms with E-state index in [0.29, 0.717) is 5.69 Å². The van der Waals surface area contributed by atoms with Crippen LogP contribution in [0.5, 0.6) is 0 Å². The van der Waals surface area contributed by atoms with Crippen LogP contribution < -0.4 is 5.32 Å². The largest absolute Gasteiger partial charge is 0.359 e. The Morgan fingerprint density at radius 1 is 1.33 bits per heavy atom. The number of anilines is 1. The molecule has 92 valence electrons. The van der Waals surface area contributed by atoms with Gasteiger partial charge in [-0.2, -0.15) is 10.5 Å². The first kappa shape index (κ1) is 13.8. The molecule has 6 heteroatoms. The van der Waals surface area contributed by atoms with Crippen molar-refractivity contribution >= 4 is 15.5 Å². The molecule has 0 aliphatic rings. The van der Waals surface area contributed by atoms with Gasteiger partial charge in [-0.1, -0.05) is 6.07 Å². The molecule has 1 aromatic rings. The molecule has 1 N–H and O–H groups in total. The minimum atomic E-state index is -3.37. The summed E-state index contributed by atoms with van der Waals surface area (Å²) in [4.78, 5) is 0.133. The van der Waals surface area contributed by atoms with Crippen LogP contribution in [0.3, 0.4) is 0 Å². The predicted molar refractivity (Wildman–Crippen MR) is 67.2 cm³/mol. The van der Waals surface area contributed by atoms with E-state index in [-0.39, 0.29) is 10.5 Å². The maximum Gasteiger partial charge on any atom is 0.177 e. The van der Waals surface area contributed by atoms with Crippen molar-refractivity contribution in [2.75, 3.05) is 11.6 Å². The van der Waals surface area contributed by atoms with Gasteiger partial charge in [0.15, 0.2) is 9.84 Å². The SMILES string of the molecule is Cc1ccc(NC=C(C#N)C#N)c(S(C)(=O)=O)c1. The van der Waals surface area contributed by atoms with E-state index in [1.54, 1.807) is 31.2 Å². The van der Waals surface area contributed by atoms with Crippen molar-refractivity contribution in [2.45, 2.75) is 11.8 Å². The number of benzene rings is 1. The number of nitriles is 2. The zero-order chi connectivity index (χ0) is 13.8. The van der Waals surface area contributed by atoms with Gasteiger partial charge in [0.05, 0.1) is 10.6 Å². The van der Waals surface area contributed by atoms with E-state index in [2.05, 4.69) is 5.32 Å². The van der Waals surface area contributed by atoms with E-state index in [0.717, 1.165) is 11.8 Å². The summed E-state index contributed by atoms with van der Waals surface area (Å²) >= 11 is 0. The van der Waals surface area contributed by atoms with Crippen molar-refractivity contribution in [2.24, 2.45) is 0 Å². The molecule has 0 aromatic heterocycles. The zero-order valence-electron chi connectivity index (χ0n) is 9.93. The number of nitrogens with one attached hydrogen (secondary N) is 1. The Morgan fingerprint density at radius 3 is 2.44 bits per heavy atom. The van der Waals surface area contributed by atoms with E-state index >= 15 is 0 Å². The normalized spacial score (nSPS) is 10.0. The van der Waals surface area contributed by atoms with Crippen LogP contribution in [0.15, 0.2) is 34.9 Å². The lowest BCUT2D eigenvalue weighted by Crippen LogP contribution is -2.03. The number of sulfone groups is 1. The fourth-order valence-corrected chi connectivity index (χ4v) is 2.22. The highest BCUT2D eigenvalue weighted by Gasteiger charge is 2.12. The van der Waals surface area contributed by atoms with Crippen molar-refractivity contribution in [3.63, 3.8) is 0 Å². The van der Waals surface area contributed by atoms with Crippen LogP contribution in [0, 0.1) is 29.6 Å². The standard InChI is InChI=1S/C12H11N3O2S/c1-9-3-4-11(12(5-9)18(2,16)17)15-8-10(6-13)7-14/h3-5,8,15H,1-2H3. The highest BCUT2D eigenvalue weighted by Crippen LogP contribution is 2.22. The van der Waals surface area contributed by atoms with Gasteiger partial charge < -0.3 is 5.32 Å². The first-order valence-electron chi connectivity index (χ1n) is 4.96. The van der Waals surface area contributed by atoms with E-state index in [4.69, 9.17) is 10.5 Å². The second-order valence-corrected chi connectivity index (χ2v) is 5.68. The molecule has 0 saturated carbocycles. The summed E-state index contributed by atoms with van der Waals surface area (Å²) in [5, 5.41) is 19.8. The highest BCUT2D eigenvalue weighted by molar-refractivity contribution is 7.90. The van der Waals surface area contributed by atoms with Crippen LogP contribution in [-0.4, -0.2) is 14.7 Å². The van der Waals surface area contributed by atoms with Gasteiger partial charge in [0.25, 0.3) is 0 Å². The first-order chi connectivity index (χ1) is 8.38. The molecule has 0 spiro atoms. The number of hydrogen-bond donors (Lipinski definition) is 1. The molecular formula is C12H11N3O2S. The zero-order valence-corrected chi connectivity index (χ0v) is 10.7. The average Bonchev–Trinajstić information content (AvgIpc) is 2.30. The minimum absolute atomic E-state index is 0.130. The van der Waals surface area contributed by atoms with Crippen molar-refractivity contribution < 1.29 is 8.42 Å². The van der Waals surface area contributed by atoms with E-state index < -0.39 is 9.84 Å². The Balaban J connectivity index is 3.24. The molecule has 0 radical (unpaired) electrons. The summed E-state index contributed by atoms with van der Waals surface area (Å²) in [6.07, 6.45) is 2.28. The van der Waals surface area contributed by atoms with Gasteiger partial charge in [-0.15, -0.1) is 0 Å². The van der Waals surface area contributed by atoms with E-state index in [1.807, 2.05) is 0 Å². The Kier molecular flexibility index (Phi) is 4.09. The minimum Gasteiger partial charge on any atom is -0.359 e. The monoisotopic (exact) mass is 261 g/mol. The smallest absolute Gasteiger partial charge is 0.177 e. The third kappa shape index (κ3) is 3.34. The maximum atomic E-state index is 11.6.